The minimum absolute atomic E-state index is 0.161. The van der Waals surface area contributed by atoms with Crippen LogP contribution in [-0.4, -0.2) is 46.6 Å². The molecule has 2 rings (SSSR count). The van der Waals surface area contributed by atoms with Gasteiger partial charge in [0.1, 0.15) is 11.8 Å². The van der Waals surface area contributed by atoms with E-state index in [4.69, 9.17) is 5.11 Å². The Labute approximate surface area is 127 Å². The SMILES string of the molecule is CC(C(=O)O)N(C)C(=O)C1=NN(c2ccccc2)C(=O)CC1. The van der Waals surface area contributed by atoms with Crippen LogP contribution in [0.4, 0.5) is 5.69 Å². The molecule has 0 aliphatic carbocycles. The van der Waals surface area contributed by atoms with Crippen LogP contribution in [0.1, 0.15) is 19.8 Å². The maximum Gasteiger partial charge on any atom is 0.326 e. The first-order valence-electron chi connectivity index (χ1n) is 6.87. The number of rotatable bonds is 4. The Kier molecular flexibility index (Phi) is 4.55. The van der Waals surface area contributed by atoms with E-state index in [9.17, 15) is 14.4 Å². The standard InChI is InChI=1S/C15H17N3O4/c1-10(15(21)22)17(2)14(20)12-8-9-13(19)18(16-12)11-6-4-3-5-7-11/h3-7,10H,8-9H2,1-2H3,(H,21,22). The molecule has 7 nitrogen and oxygen atoms in total. The van der Waals surface area contributed by atoms with Gasteiger partial charge in [-0.3, -0.25) is 9.59 Å². The molecule has 1 aromatic rings. The molecule has 1 N–H and O–H groups in total. The highest BCUT2D eigenvalue weighted by Crippen LogP contribution is 2.20. The summed E-state index contributed by atoms with van der Waals surface area (Å²) in [5.74, 6) is -1.77. The number of carbonyl (C=O) groups excluding carboxylic acids is 2. The van der Waals surface area contributed by atoms with E-state index in [1.54, 1.807) is 24.3 Å². The number of benzene rings is 1. The Morgan fingerprint density at radius 1 is 1.27 bits per heavy atom. The van der Waals surface area contributed by atoms with Crippen molar-refractivity contribution < 1.29 is 19.5 Å². The summed E-state index contributed by atoms with van der Waals surface area (Å²) in [5.41, 5.74) is 0.755. The second-order valence-corrected chi connectivity index (χ2v) is 5.02. The number of likely N-dealkylation sites (N-methyl/N-ethyl adjacent to an activating group) is 1. The summed E-state index contributed by atoms with van der Waals surface area (Å²) in [7, 11) is 1.41. The van der Waals surface area contributed by atoms with Gasteiger partial charge >= 0.3 is 5.97 Å². The number of para-hydroxylation sites is 1. The van der Waals surface area contributed by atoms with Crippen LogP contribution in [0.25, 0.3) is 0 Å². The van der Waals surface area contributed by atoms with E-state index in [2.05, 4.69) is 5.10 Å². The predicted octanol–water partition coefficient (Wildman–Crippen LogP) is 1.10. The lowest BCUT2D eigenvalue weighted by Crippen LogP contribution is -2.46. The molecule has 0 bridgehead atoms. The Morgan fingerprint density at radius 2 is 1.91 bits per heavy atom. The lowest BCUT2D eigenvalue weighted by atomic mass is 10.1. The molecule has 1 atom stereocenters. The molecule has 1 unspecified atom stereocenters. The molecule has 0 saturated heterocycles. The van der Waals surface area contributed by atoms with Gasteiger partial charge in [0, 0.05) is 19.9 Å². The molecule has 2 amide bonds. The number of carbonyl (C=O) groups is 3. The smallest absolute Gasteiger partial charge is 0.326 e. The van der Waals surface area contributed by atoms with E-state index < -0.39 is 17.9 Å². The number of anilines is 1. The highest BCUT2D eigenvalue weighted by Gasteiger charge is 2.30. The number of aliphatic carboxylic acids is 1. The zero-order valence-electron chi connectivity index (χ0n) is 12.4. The Bertz CT molecular complexity index is 627. The van der Waals surface area contributed by atoms with Crippen molar-refractivity contribution in [1.82, 2.24) is 4.90 Å². The van der Waals surface area contributed by atoms with Gasteiger partial charge in [-0.15, -0.1) is 0 Å². The molecular weight excluding hydrogens is 286 g/mol. The van der Waals surface area contributed by atoms with Gasteiger partial charge < -0.3 is 10.0 Å². The molecule has 0 spiro atoms. The Hall–Kier alpha value is -2.70. The number of hydrazone groups is 1. The third-order valence-corrected chi connectivity index (χ3v) is 3.54. The van der Waals surface area contributed by atoms with E-state index >= 15 is 0 Å². The van der Waals surface area contributed by atoms with Gasteiger partial charge in [-0.25, -0.2) is 9.80 Å². The molecule has 7 heteroatoms. The van der Waals surface area contributed by atoms with Crippen LogP contribution >= 0.6 is 0 Å². The molecule has 0 saturated carbocycles. The van der Waals surface area contributed by atoms with Gasteiger partial charge in [-0.1, -0.05) is 18.2 Å². The van der Waals surface area contributed by atoms with Gasteiger partial charge in [-0.05, 0) is 19.1 Å². The molecule has 116 valence electrons. The van der Waals surface area contributed by atoms with Gasteiger partial charge in [0.25, 0.3) is 5.91 Å². The van der Waals surface area contributed by atoms with Crippen molar-refractivity contribution in [3.63, 3.8) is 0 Å². The van der Waals surface area contributed by atoms with Crippen LogP contribution in [0.5, 0.6) is 0 Å². The lowest BCUT2D eigenvalue weighted by Gasteiger charge is -2.27. The molecule has 0 aromatic heterocycles. The number of carboxylic acids is 1. The maximum atomic E-state index is 12.3. The summed E-state index contributed by atoms with van der Waals surface area (Å²) in [6.07, 6.45) is 0.367. The lowest BCUT2D eigenvalue weighted by molar-refractivity contribution is -0.146. The van der Waals surface area contributed by atoms with Crippen molar-refractivity contribution in [3.05, 3.63) is 30.3 Å². The van der Waals surface area contributed by atoms with Crippen molar-refractivity contribution in [3.8, 4) is 0 Å². The van der Waals surface area contributed by atoms with E-state index in [0.29, 0.717) is 5.69 Å². The van der Waals surface area contributed by atoms with Gasteiger partial charge in [-0.2, -0.15) is 5.10 Å². The largest absolute Gasteiger partial charge is 0.480 e. The fraction of sp³-hybridized carbons (Fsp3) is 0.333. The molecule has 1 heterocycles. The number of hydrogen-bond donors (Lipinski definition) is 1. The van der Waals surface area contributed by atoms with Crippen LogP contribution in [0.2, 0.25) is 0 Å². The monoisotopic (exact) mass is 303 g/mol. The normalized spacial score (nSPS) is 16.0. The summed E-state index contributed by atoms with van der Waals surface area (Å²) in [6.45, 7) is 1.42. The number of nitrogens with zero attached hydrogens (tertiary/aromatic N) is 3. The highest BCUT2D eigenvalue weighted by atomic mass is 16.4. The first-order valence-corrected chi connectivity index (χ1v) is 6.87. The van der Waals surface area contributed by atoms with Crippen molar-refractivity contribution in [2.45, 2.75) is 25.8 Å². The zero-order valence-corrected chi connectivity index (χ0v) is 12.4. The molecule has 1 aromatic carbocycles. The summed E-state index contributed by atoms with van der Waals surface area (Å²) < 4.78 is 0. The molecule has 0 radical (unpaired) electrons. The highest BCUT2D eigenvalue weighted by molar-refractivity contribution is 6.40. The van der Waals surface area contributed by atoms with E-state index in [1.165, 1.54) is 19.0 Å². The average molecular weight is 303 g/mol. The molecule has 1 aliphatic rings. The van der Waals surface area contributed by atoms with Crippen LogP contribution in [0.15, 0.2) is 35.4 Å². The maximum absolute atomic E-state index is 12.3. The van der Waals surface area contributed by atoms with Crippen molar-refractivity contribution in [2.75, 3.05) is 12.1 Å². The molecule has 22 heavy (non-hydrogen) atoms. The molecular formula is C15H17N3O4. The Balaban J connectivity index is 2.26. The average Bonchev–Trinajstić information content (AvgIpc) is 2.54. The number of carboxylic acid groups (broad SMARTS) is 1. The van der Waals surface area contributed by atoms with Crippen molar-refractivity contribution in [1.29, 1.82) is 0 Å². The molecule has 0 fully saturated rings. The summed E-state index contributed by atoms with van der Waals surface area (Å²) in [6, 6.07) is 7.84. The van der Waals surface area contributed by atoms with Gasteiger partial charge in [0.15, 0.2) is 0 Å². The first kappa shape index (κ1) is 15.7. The van der Waals surface area contributed by atoms with Crippen LogP contribution in [0.3, 0.4) is 0 Å². The molecule has 1 aliphatic heterocycles. The summed E-state index contributed by atoms with van der Waals surface area (Å²) in [4.78, 5) is 36.4. The second-order valence-electron chi connectivity index (χ2n) is 5.02. The number of hydrogen-bond acceptors (Lipinski definition) is 4. The van der Waals surface area contributed by atoms with E-state index in [-0.39, 0.29) is 24.5 Å². The zero-order chi connectivity index (χ0) is 16.3. The Morgan fingerprint density at radius 3 is 2.50 bits per heavy atom. The quantitative estimate of drug-likeness (QED) is 0.902. The van der Waals surface area contributed by atoms with Crippen LogP contribution in [0, 0.1) is 0 Å². The van der Waals surface area contributed by atoms with E-state index in [1.807, 2.05) is 6.07 Å². The van der Waals surface area contributed by atoms with Gasteiger partial charge in [0.2, 0.25) is 5.91 Å². The van der Waals surface area contributed by atoms with Crippen molar-refractivity contribution in [2.24, 2.45) is 5.10 Å². The first-order chi connectivity index (χ1) is 10.4. The van der Waals surface area contributed by atoms with Crippen LogP contribution < -0.4 is 5.01 Å². The minimum Gasteiger partial charge on any atom is -0.480 e. The second kappa shape index (κ2) is 6.38. The minimum atomic E-state index is -1.09. The van der Waals surface area contributed by atoms with E-state index in [0.717, 1.165) is 4.90 Å². The third kappa shape index (κ3) is 3.13. The fourth-order valence-corrected chi connectivity index (χ4v) is 2.02. The van der Waals surface area contributed by atoms with Crippen molar-refractivity contribution >= 4 is 29.2 Å². The number of amides is 2. The van der Waals surface area contributed by atoms with Gasteiger partial charge in [0.05, 0.1) is 5.69 Å². The summed E-state index contributed by atoms with van der Waals surface area (Å²) >= 11 is 0. The predicted molar refractivity (Wildman–Crippen MR) is 80.5 cm³/mol. The third-order valence-electron chi connectivity index (χ3n) is 3.54. The summed E-state index contributed by atoms with van der Waals surface area (Å²) in [5, 5.41) is 14.3. The topological polar surface area (TPSA) is 90.3 Å². The fourth-order valence-electron chi connectivity index (χ4n) is 2.02. The van der Waals surface area contributed by atoms with Crippen LogP contribution in [-0.2, 0) is 14.4 Å².